The van der Waals surface area contributed by atoms with Gasteiger partial charge in [-0.3, -0.25) is 0 Å². The van der Waals surface area contributed by atoms with Crippen LogP contribution >= 0.6 is 0 Å². The van der Waals surface area contributed by atoms with Gasteiger partial charge in [0.25, 0.3) is 0 Å². The van der Waals surface area contributed by atoms with Crippen molar-refractivity contribution in [2.45, 2.75) is 30.1 Å². The first kappa shape index (κ1) is 19.8. The van der Waals surface area contributed by atoms with Crippen LogP contribution in [-0.4, -0.2) is 25.8 Å². The van der Waals surface area contributed by atoms with E-state index in [2.05, 4.69) is 0 Å². The zero-order valence-electron chi connectivity index (χ0n) is 16.2. The molecule has 0 aliphatic carbocycles. The Balaban J connectivity index is 1.57. The van der Waals surface area contributed by atoms with Gasteiger partial charge in [-0.05, 0) is 59.7 Å². The fourth-order valence-corrected chi connectivity index (χ4v) is 5.46. The number of halogens is 1. The van der Waals surface area contributed by atoms with E-state index >= 15 is 0 Å². The second-order valence-corrected chi connectivity index (χ2v) is 9.44. The second kappa shape index (κ2) is 8.47. The number of benzene rings is 3. The molecule has 0 saturated carbocycles. The quantitative estimate of drug-likeness (QED) is 0.574. The molecule has 5 heteroatoms. The maximum absolute atomic E-state index is 13.3. The third-order valence-corrected chi connectivity index (χ3v) is 7.45. The molecule has 29 heavy (non-hydrogen) atoms. The van der Waals surface area contributed by atoms with Gasteiger partial charge < -0.3 is 0 Å². The molecule has 1 fully saturated rings. The minimum absolute atomic E-state index is 0.0801. The van der Waals surface area contributed by atoms with Crippen molar-refractivity contribution >= 4 is 10.0 Å². The standard InChI is InChI=1S/C24H24FNO2S/c25-23-13-9-21(10-14-23)22-8-4-5-17-26(18-22)29(27,28)24-15-11-20(12-16-24)19-6-2-1-3-7-19/h1-3,6-7,9-16,22H,4-5,8,17-18H2. The van der Waals surface area contributed by atoms with Gasteiger partial charge in [-0.1, -0.05) is 61.0 Å². The minimum atomic E-state index is -3.57. The van der Waals surface area contributed by atoms with E-state index in [0.717, 1.165) is 36.0 Å². The highest BCUT2D eigenvalue weighted by molar-refractivity contribution is 7.89. The number of rotatable bonds is 4. The molecule has 3 aromatic rings. The molecule has 0 amide bonds. The summed E-state index contributed by atoms with van der Waals surface area (Å²) in [6.45, 7) is 0.939. The molecule has 0 radical (unpaired) electrons. The van der Waals surface area contributed by atoms with Crippen LogP contribution in [0.25, 0.3) is 11.1 Å². The van der Waals surface area contributed by atoms with Crippen molar-refractivity contribution in [1.82, 2.24) is 4.31 Å². The predicted octanol–water partition coefficient (Wildman–Crippen LogP) is 5.45. The number of nitrogens with zero attached hydrogens (tertiary/aromatic N) is 1. The highest BCUT2D eigenvalue weighted by Gasteiger charge is 2.29. The van der Waals surface area contributed by atoms with E-state index in [9.17, 15) is 12.8 Å². The third kappa shape index (κ3) is 4.41. The normalized spacial score (nSPS) is 18.3. The summed E-state index contributed by atoms with van der Waals surface area (Å²) >= 11 is 0. The molecule has 1 heterocycles. The zero-order valence-corrected chi connectivity index (χ0v) is 17.0. The van der Waals surface area contributed by atoms with Crippen LogP contribution < -0.4 is 0 Å². The van der Waals surface area contributed by atoms with Crippen LogP contribution in [0, 0.1) is 5.82 Å². The molecular weight excluding hydrogens is 385 g/mol. The Morgan fingerprint density at radius 2 is 1.45 bits per heavy atom. The summed E-state index contributed by atoms with van der Waals surface area (Å²) < 4.78 is 41.4. The predicted molar refractivity (Wildman–Crippen MR) is 114 cm³/mol. The van der Waals surface area contributed by atoms with Gasteiger partial charge in [0.1, 0.15) is 5.82 Å². The van der Waals surface area contributed by atoms with E-state index in [0.29, 0.717) is 18.0 Å². The first-order valence-corrected chi connectivity index (χ1v) is 11.4. The fourth-order valence-electron chi connectivity index (χ4n) is 3.93. The van der Waals surface area contributed by atoms with Crippen LogP contribution in [0.2, 0.25) is 0 Å². The van der Waals surface area contributed by atoms with Crippen molar-refractivity contribution < 1.29 is 12.8 Å². The van der Waals surface area contributed by atoms with Crippen LogP contribution in [0.15, 0.2) is 83.8 Å². The number of sulfonamides is 1. The van der Waals surface area contributed by atoms with Crippen LogP contribution in [-0.2, 0) is 10.0 Å². The molecule has 1 aliphatic heterocycles. The van der Waals surface area contributed by atoms with E-state index < -0.39 is 10.0 Å². The van der Waals surface area contributed by atoms with E-state index in [-0.39, 0.29) is 11.7 Å². The smallest absolute Gasteiger partial charge is 0.207 e. The summed E-state index contributed by atoms with van der Waals surface area (Å²) in [5, 5.41) is 0. The molecule has 0 N–H and O–H groups in total. The highest BCUT2D eigenvalue weighted by atomic mass is 32.2. The molecular formula is C24H24FNO2S. The van der Waals surface area contributed by atoms with Crippen molar-refractivity contribution in [2.75, 3.05) is 13.1 Å². The van der Waals surface area contributed by atoms with E-state index in [1.165, 1.54) is 12.1 Å². The number of hydrogen-bond donors (Lipinski definition) is 0. The average Bonchev–Trinajstić information content (AvgIpc) is 3.02. The molecule has 0 bridgehead atoms. The van der Waals surface area contributed by atoms with Crippen molar-refractivity contribution in [1.29, 1.82) is 0 Å². The Kier molecular flexibility index (Phi) is 5.79. The van der Waals surface area contributed by atoms with Gasteiger partial charge in [-0.25, -0.2) is 12.8 Å². The number of hydrogen-bond acceptors (Lipinski definition) is 2. The summed E-state index contributed by atoms with van der Waals surface area (Å²) in [5.41, 5.74) is 3.04. The molecule has 0 spiro atoms. The molecule has 3 aromatic carbocycles. The lowest BCUT2D eigenvalue weighted by Crippen LogP contribution is -2.34. The summed E-state index contributed by atoms with van der Waals surface area (Å²) in [5.74, 6) is -0.193. The molecule has 1 unspecified atom stereocenters. The molecule has 4 rings (SSSR count). The molecule has 1 aliphatic rings. The zero-order chi connectivity index (χ0) is 20.3. The molecule has 0 aromatic heterocycles. The van der Waals surface area contributed by atoms with Gasteiger partial charge in [0.05, 0.1) is 4.90 Å². The van der Waals surface area contributed by atoms with E-state index in [4.69, 9.17) is 0 Å². The Bertz CT molecular complexity index is 1050. The van der Waals surface area contributed by atoms with Crippen LogP contribution in [0.4, 0.5) is 4.39 Å². The van der Waals surface area contributed by atoms with Crippen molar-refractivity contribution in [2.24, 2.45) is 0 Å². The van der Waals surface area contributed by atoms with Gasteiger partial charge in [-0.2, -0.15) is 4.31 Å². The molecule has 3 nitrogen and oxygen atoms in total. The SMILES string of the molecule is O=S(=O)(c1ccc(-c2ccccc2)cc1)N1CCCCC(c2ccc(F)cc2)C1. The Morgan fingerprint density at radius 1 is 0.793 bits per heavy atom. The first-order valence-electron chi connectivity index (χ1n) is 9.95. The highest BCUT2D eigenvalue weighted by Crippen LogP contribution is 2.30. The van der Waals surface area contributed by atoms with Crippen molar-refractivity contribution in [3.63, 3.8) is 0 Å². The summed E-state index contributed by atoms with van der Waals surface area (Å²) in [4.78, 5) is 0.317. The van der Waals surface area contributed by atoms with Gasteiger partial charge in [-0.15, -0.1) is 0 Å². The topological polar surface area (TPSA) is 37.4 Å². The largest absolute Gasteiger partial charge is 0.243 e. The van der Waals surface area contributed by atoms with E-state index in [1.807, 2.05) is 42.5 Å². The molecule has 1 atom stereocenters. The first-order chi connectivity index (χ1) is 14.0. The lowest BCUT2D eigenvalue weighted by molar-refractivity contribution is 0.406. The summed E-state index contributed by atoms with van der Waals surface area (Å²) in [7, 11) is -3.57. The average molecular weight is 410 g/mol. The Labute approximate surface area is 171 Å². The second-order valence-electron chi connectivity index (χ2n) is 7.50. The van der Waals surface area contributed by atoms with Gasteiger partial charge in [0.15, 0.2) is 0 Å². The van der Waals surface area contributed by atoms with Crippen molar-refractivity contribution in [3.8, 4) is 11.1 Å². The Morgan fingerprint density at radius 3 is 2.14 bits per heavy atom. The lowest BCUT2D eigenvalue weighted by Gasteiger charge is -2.24. The third-order valence-electron chi connectivity index (χ3n) is 5.57. The maximum Gasteiger partial charge on any atom is 0.243 e. The van der Waals surface area contributed by atoms with Crippen LogP contribution in [0.5, 0.6) is 0 Å². The van der Waals surface area contributed by atoms with Crippen LogP contribution in [0.3, 0.4) is 0 Å². The monoisotopic (exact) mass is 409 g/mol. The lowest BCUT2D eigenvalue weighted by atomic mass is 9.95. The van der Waals surface area contributed by atoms with Crippen molar-refractivity contribution in [3.05, 3.63) is 90.2 Å². The van der Waals surface area contributed by atoms with Gasteiger partial charge in [0.2, 0.25) is 10.0 Å². The van der Waals surface area contributed by atoms with Gasteiger partial charge >= 0.3 is 0 Å². The summed E-state index contributed by atoms with van der Waals surface area (Å²) in [6.07, 6.45) is 2.70. The maximum atomic E-state index is 13.3. The summed E-state index contributed by atoms with van der Waals surface area (Å²) in [6, 6.07) is 23.4. The fraction of sp³-hybridized carbons (Fsp3) is 0.250. The van der Waals surface area contributed by atoms with Gasteiger partial charge in [0, 0.05) is 13.1 Å². The Hall–Kier alpha value is -2.50. The van der Waals surface area contributed by atoms with Crippen LogP contribution in [0.1, 0.15) is 30.7 Å². The minimum Gasteiger partial charge on any atom is -0.207 e. The van der Waals surface area contributed by atoms with E-state index in [1.54, 1.807) is 28.6 Å². The molecule has 1 saturated heterocycles. The molecule has 150 valence electrons.